The monoisotopic (exact) mass is 227 g/mol. The zero-order valence-corrected chi connectivity index (χ0v) is 9.32. The molecule has 0 aliphatic rings. The van der Waals surface area contributed by atoms with Gasteiger partial charge in [0.25, 0.3) is 0 Å². The molecule has 0 unspecified atom stereocenters. The van der Waals surface area contributed by atoms with Crippen LogP contribution >= 0.6 is 0 Å². The van der Waals surface area contributed by atoms with Crippen LogP contribution in [0.1, 0.15) is 0 Å². The quantitative estimate of drug-likeness (QED) is 0.737. The fourth-order valence-corrected chi connectivity index (χ4v) is 1.93. The van der Waals surface area contributed by atoms with Crippen LogP contribution in [0.15, 0.2) is 43.0 Å². The highest BCUT2D eigenvalue weighted by Gasteiger charge is 2.01. The van der Waals surface area contributed by atoms with Crippen molar-refractivity contribution >= 4 is 16.7 Å². The lowest BCUT2D eigenvalue weighted by Gasteiger charge is -2.05. The smallest absolute Gasteiger partial charge is 0.0880 e. The van der Waals surface area contributed by atoms with Gasteiger partial charge in [-0.3, -0.25) is 9.67 Å². The van der Waals surface area contributed by atoms with Crippen molar-refractivity contribution in [3.05, 3.63) is 43.0 Å². The molecular formula is C12H13N5. The van der Waals surface area contributed by atoms with Crippen LogP contribution in [-0.4, -0.2) is 19.3 Å². The van der Waals surface area contributed by atoms with Crippen LogP contribution in [0.3, 0.4) is 0 Å². The molecular weight excluding hydrogens is 214 g/mol. The predicted molar refractivity (Wildman–Crippen MR) is 66.4 cm³/mol. The molecule has 3 aromatic rings. The van der Waals surface area contributed by atoms with Crippen LogP contribution in [0, 0.1) is 0 Å². The van der Waals surface area contributed by atoms with Crippen molar-refractivity contribution in [1.29, 1.82) is 0 Å². The molecule has 17 heavy (non-hydrogen) atoms. The van der Waals surface area contributed by atoms with E-state index in [9.17, 15) is 0 Å². The van der Waals surface area contributed by atoms with Gasteiger partial charge in [0.2, 0.25) is 0 Å². The fraction of sp³-hybridized carbons (Fsp3) is 0.167. The van der Waals surface area contributed by atoms with Crippen LogP contribution in [0.25, 0.3) is 11.0 Å². The zero-order chi connectivity index (χ0) is 11.7. The summed E-state index contributed by atoms with van der Waals surface area (Å²) in [6.45, 7) is 1.66. The van der Waals surface area contributed by atoms with Gasteiger partial charge >= 0.3 is 0 Å². The van der Waals surface area contributed by atoms with Crippen molar-refractivity contribution in [3.8, 4) is 0 Å². The normalized spacial score (nSPS) is 11.1. The van der Waals surface area contributed by atoms with Gasteiger partial charge in [-0.15, -0.1) is 0 Å². The van der Waals surface area contributed by atoms with E-state index < -0.39 is 0 Å². The first kappa shape index (κ1) is 9.89. The molecule has 3 aromatic heterocycles. The second kappa shape index (κ2) is 3.93. The Balaban J connectivity index is 1.81. The van der Waals surface area contributed by atoms with Crippen LogP contribution in [0.2, 0.25) is 0 Å². The van der Waals surface area contributed by atoms with Crippen molar-refractivity contribution in [2.75, 3.05) is 5.73 Å². The number of aromatic nitrogens is 4. The maximum absolute atomic E-state index is 5.62. The van der Waals surface area contributed by atoms with E-state index in [0.717, 1.165) is 24.1 Å². The van der Waals surface area contributed by atoms with Gasteiger partial charge in [0.15, 0.2) is 0 Å². The van der Waals surface area contributed by atoms with Crippen molar-refractivity contribution in [2.45, 2.75) is 13.1 Å². The minimum absolute atomic E-state index is 0.698. The highest BCUT2D eigenvalue weighted by atomic mass is 15.3. The molecule has 5 nitrogen and oxygen atoms in total. The highest BCUT2D eigenvalue weighted by Crippen LogP contribution is 2.12. The van der Waals surface area contributed by atoms with Crippen molar-refractivity contribution in [2.24, 2.45) is 0 Å². The molecule has 0 saturated carbocycles. The molecule has 86 valence electrons. The van der Waals surface area contributed by atoms with E-state index in [1.807, 2.05) is 29.2 Å². The third-order valence-corrected chi connectivity index (χ3v) is 2.76. The van der Waals surface area contributed by atoms with E-state index in [-0.39, 0.29) is 0 Å². The fourth-order valence-electron chi connectivity index (χ4n) is 1.93. The summed E-state index contributed by atoms with van der Waals surface area (Å²) in [7, 11) is 0. The number of hydrogen-bond donors (Lipinski definition) is 1. The van der Waals surface area contributed by atoms with E-state index in [1.165, 1.54) is 0 Å². The first-order chi connectivity index (χ1) is 8.33. The summed E-state index contributed by atoms with van der Waals surface area (Å²) in [5, 5.41) is 4.16. The van der Waals surface area contributed by atoms with Crippen molar-refractivity contribution in [3.63, 3.8) is 0 Å². The molecule has 3 rings (SSSR count). The number of nitrogen functional groups attached to an aromatic ring is 1. The number of aryl methyl sites for hydroxylation is 2. The number of pyridine rings is 1. The number of nitrogens with zero attached hydrogens (tertiary/aromatic N) is 4. The Morgan fingerprint density at radius 2 is 2.18 bits per heavy atom. The zero-order valence-electron chi connectivity index (χ0n) is 9.32. The maximum Gasteiger partial charge on any atom is 0.0880 e. The van der Waals surface area contributed by atoms with Crippen molar-refractivity contribution < 1.29 is 0 Å². The van der Waals surface area contributed by atoms with E-state index >= 15 is 0 Å². The van der Waals surface area contributed by atoms with E-state index in [1.54, 1.807) is 12.4 Å². The summed E-state index contributed by atoms with van der Waals surface area (Å²) >= 11 is 0. The summed E-state index contributed by atoms with van der Waals surface area (Å²) in [4.78, 5) is 4.30. The van der Waals surface area contributed by atoms with Crippen LogP contribution < -0.4 is 5.73 Å². The summed E-state index contributed by atoms with van der Waals surface area (Å²) in [5.74, 6) is 0. The number of nitrogens with two attached hydrogens (primary N) is 1. The second-order valence-electron chi connectivity index (χ2n) is 3.95. The highest BCUT2D eigenvalue weighted by molar-refractivity contribution is 5.75. The van der Waals surface area contributed by atoms with Gasteiger partial charge in [0, 0.05) is 25.1 Å². The molecule has 5 heteroatoms. The van der Waals surface area contributed by atoms with Gasteiger partial charge in [-0.05, 0) is 18.2 Å². The standard InChI is InChI=1S/C12H13N5/c13-10-8-15-17(9-10)7-6-16-5-3-11-12(16)2-1-4-14-11/h1-5,8-9H,6-7,13H2. The Morgan fingerprint density at radius 1 is 1.24 bits per heavy atom. The Labute approximate surface area is 98.5 Å². The topological polar surface area (TPSA) is 61.7 Å². The summed E-state index contributed by atoms with van der Waals surface area (Å²) < 4.78 is 4.01. The summed E-state index contributed by atoms with van der Waals surface area (Å²) in [6, 6.07) is 6.04. The average molecular weight is 227 g/mol. The van der Waals surface area contributed by atoms with Crippen LogP contribution in [-0.2, 0) is 13.1 Å². The lowest BCUT2D eigenvalue weighted by molar-refractivity contribution is 0.543. The summed E-state index contributed by atoms with van der Waals surface area (Å²) in [5.41, 5.74) is 8.48. The Kier molecular flexibility index (Phi) is 2.29. The van der Waals surface area contributed by atoms with E-state index in [2.05, 4.69) is 20.7 Å². The molecule has 0 aliphatic carbocycles. The largest absolute Gasteiger partial charge is 0.396 e. The number of hydrogen-bond acceptors (Lipinski definition) is 3. The second-order valence-corrected chi connectivity index (χ2v) is 3.95. The van der Waals surface area contributed by atoms with Gasteiger partial charge in [-0.1, -0.05) is 0 Å². The van der Waals surface area contributed by atoms with Crippen LogP contribution in [0.4, 0.5) is 5.69 Å². The van der Waals surface area contributed by atoms with Gasteiger partial charge in [0.05, 0.1) is 29.5 Å². The molecule has 0 saturated heterocycles. The van der Waals surface area contributed by atoms with Gasteiger partial charge in [-0.2, -0.15) is 5.10 Å². The van der Waals surface area contributed by atoms with Crippen LogP contribution in [0.5, 0.6) is 0 Å². The number of rotatable bonds is 3. The molecule has 0 bridgehead atoms. The van der Waals surface area contributed by atoms with Gasteiger partial charge in [0.1, 0.15) is 0 Å². The summed E-state index contributed by atoms with van der Waals surface area (Å²) in [6.07, 6.45) is 7.35. The van der Waals surface area contributed by atoms with Gasteiger partial charge in [-0.25, -0.2) is 0 Å². The third kappa shape index (κ3) is 1.87. The Bertz CT molecular complexity index is 637. The molecule has 0 aliphatic heterocycles. The third-order valence-electron chi connectivity index (χ3n) is 2.76. The minimum atomic E-state index is 0.698. The first-order valence-electron chi connectivity index (χ1n) is 5.51. The van der Waals surface area contributed by atoms with E-state index in [0.29, 0.717) is 5.69 Å². The first-order valence-corrected chi connectivity index (χ1v) is 5.51. The molecule has 0 amide bonds. The number of anilines is 1. The average Bonchev–Trinajstić information content (AvgIpc) is 2.93. The Morgan fingerprint density at radius 3 is 3.00 bits per heavy atom. The molecule has 0 spiro atoms. The van der Waals surface area contributed by atoms with E-state index in [4.69, 9.17) is 5.73 Å². The molecule has 2 N–H and O–H groups in total. The SMILES string of the molecule is Nc1cnn(CCn2ccc3ncccc32)c1. The number of fused-ring (bicyclic) bond motifs is 1. The molecule has 0 radical (unpaired) electrons. The predicted octanol–water partition coefficient (Wildman–Crippen LogP) is 1.52. The maximum atomic E-state index is 5.62. The Hall–Kier alpha value is -2.30. The molecule has 0 fully saturated rings. The molecule has 3 heterocycles. The van der Waals surface area contributed by atoms with Gasteiger partial charge < -0.3 is 10.3 Å². The van der Waals surface area contributed by atoms with Crippen molar-refractivity contribution in [1.82, 2.24) is 19.3 Å². The molecule has 0 atom stereocenters. The lowest BCUT2D eigenvalue weighted by Crippen LogP contribution is -2.06. The molecule has 0 aromatic carbocycles. The minimum Gasteiger partial charge on any atom is -0.396 e. The lowest BCUT2D eigenvalue weighted by atomic mass is 10.4.